The Labute approximate surface area is 180 Å². The van der Waals surface area contributed by atoms with Crippen LogP contribution in [0.25, 0.3) is 0 Å². The minimum Gasteiger partial charge on any atom is -0.445 e. The molecular formula is C27H32NO2+. The highest BCUT2D eigenvalue weighted by Gasteiger charge is 2.33. The van der Waals surface area contributed by atoms with E-state index >= 15 is 0 Å². The zero-order chi connectivity index (χ0) is 20.8. The van der Waals surface area contributed by atoms with E-state index in [2.05, 4.69) is 98.9 Å². The van der Waals surface area contributed by atoms with E-state index in [1.54, 1.807) is 0 Å². The van der Waals surface area contributed by atoms with Gasteiger partial charge in [-0.3, -0.25) is 4.48 Å². The monoisotopic (exact) mass is 402 g/mol. The molecule has 0 saturated carbocycles. The number of hydrogen-bond acceptors (Lipinski definition) is 2. The van der Waals surface area contributed by atoms with Gasteiger partial charge in [0.05, 0.1) is 26.2 Å². The normalized spacial score (nSPS) is 21.5. The molecule has 1 aliphatic heterocycles. The quantitative estimate of drug-likeness (QED) is 0.469. The number of ether oxygens (including phenoxy) is 2. The van der Waals surface area contributed by atoms with Crippen LogP contribution in [0.1, 0.15) is 35.6 Å². The summed E-state index contributed by atoms with van der Waals surface area (Å²) >= 11 is 0. The van der Waals surface area contributed by atoms with Crippen LogP contribution in [0.15, 0.2) is 84.9 Å². The van der Waals surface area contributed by atoms with Crippen molar-refractivity contribution >= 4 is 0 Å². The van der Waals surface area contributed by atoms with Gasteiger partial charge < -0.3 is 9.47 Å². The largest absolute Gasteiger partial charge is 0.445 e. The summed E-state index contributed by atoms with van der Waals surface area (Å²) in [5.74, 6) is 0.951. The van der Waals surface area contributed by atoms with E-state index in [-0.39, 0.29) is 12.2 Å². The van der Waals surface area contributed by atoms with Crippen molar-refractivity contribution in [1.29, 1.82) is 0 Å². The highest BCUT2D eigenvalue weighted by atomic mass is 16.5. The molecule has 1 aliphatic rings. The van der Waals surface area contributed by atoms with Gasteiger partial charge >= 0.3 is 0 Å². The first-order valence-corrected chi connectivity index (χ1v) is 10.9. The number of piperidine rings is 1. The van der Waals surface area contributed by atoms with Crippen LogP contribution in [0.3, 0.4) is 0 Å². The number of nitrogens with zero attached hydrogens (tertiary/aromatic N) is 1. The molecule has 1 heterocycles. The van der Waals surface area contributed by atoms with E-state index in [9.17, 15) is 0 Å². The van der Waals surface area contributed by atoms with Crippen molar-refractivity contribution in [2.24, 2.45) is 0 Å². The number of quaternary nitrogens is 1. The van der Waals surface area contributed by atoms with E-state index in [1.807, 2.05) is 0 Å². The standard InChI is InChI=1S/C27H32NO2/c1-22-13-15-25(16-14-22)29-21-28(2)19-17-26(18-20-28)30-27(23-9-5-3-6-10-23)24-11-7-4-8-12-24/h3-16,26-27H,17-21H2,1-2H3/q+1. The lowest BCUT2D eigenvalue weighted by atomic mass is 10.00. The molecule has 0 aromatic heterocycles. The van der Waals surface area contributed by atoms with Crippen LogP contribution in [0.5, 0.6) is 5.75 Å². The average molecular weight is 403 g/mol. The van der Waals surface area contributed by atoms with Gasteiger partial charge in [0.15, 0.2) is 0 Å². The summed E-state index contributed by atoms with van der Waals surface area (Å²) in [6.45, 7) is 4.93. The molecule has 0 spiro atoms. The summed E-state index contributed by atoms with van der Waals surface area (Å²) in [4.78, 5) is 0. The summed E-state index contributed by atoms with van der Waals surface area (Å²) in [5.41, 5.74) is 3.69. The number of hydrogen-bond donors (Lipinski definition) is 0. The van der Waals surface area contributed by atoms with Crippen molar-refractivity contribution < 1.29 is 14.0 Å². The molecule has 0 radical (unpaired) electrons. The van der Waals surface area contributed by atoms with Gasteiger partial charge in [-0.05, 0) is 30.2 Å². The van der Waals surface area contributed by atoms with Crippen molar-refractivity contribution in [2.75, 3.05) is 26.9 Å². The zero-order valence-electron chi connectivity index (χ0n) is 18.0. The third-order valence-corrected chi connectivity index (χ3v) is 6.08. The molecule has 0 unspecified atom stereocenters. The van der Waals surface area contributed by atoms with Crippen LogP contribution < -0.4 is 4.74 Å². The highest BCUT2D eigenvalue weighted by Crippen LogP contribution is 2.31. The number of rotatable bonds is 7. The molecule has 4 rings (SSSR count). The number of likely N-dealkylation sites (tertiary alicyclic amines) is 1. The Hall–Kier alpha value is -2.62. The van der Waals surface area contributed by atoms with Crippen molar-refractivity contribution in [2.45, 2.75) is 32.0 Å². The Balaban J connectivity index is 1.37. The van der Waals surface area contributed by atoms with Gasteiger partial charge in [-0.15, -0.1) is 0 Å². The molecule has 0 aliphatic carbocycles. The highest BCUT2D eigenvalue weighted by molar-refractivity contribution is 5.30. The van der Waals surface area contributed by atoms with Crippen molar-refractivity contribution in [3.05, 3.63) is 102 Å². The Kier molecular flexibility index (Phi) is 6.51. The van der Waals surface area contributed by atoms with Crippen molar-refractivity contribution in [3.8, 4) is 5.75 Å². The Bertz CT molecular complexity index is 861. The molecule has 1 saturated heterocycles. The van der Waals surface area contributed by atoms with Crippen LogP contribution in [0, 0.1) is 6.92 Å². The predicted octanol–water partition coefficient (Wildman–Crippen LogP) is 5.75. The number of benzene rings is 3. The summed E-state index contributed by atoms with van der Waals surface area (Å²) in [5, 5.41) is 0. The van der Waals surface area contributed by atoms with Gasteiger partial charge in [0.25, 0.3) is 0 Å². The molecule has 156 valence electrons. The van der Waals surface area contributed by atoms with E-state index < -0.39 is 0 Å². The lowest BCUT2D eigenvalue weighted by molar-refractivity contribution is -0.929. The summed E-state index contributed by atoms with van der Waals surface area (Å²) in [6, 6.07) is 29.4. The minimum atomic E-state index is -0.0157. The smallest absolute Gasteiger partial charge is 0.223 e. The summed E-state index contributed by atoms with van der Waals surface area (Å²) in [6.07, 6.45) is 2.34. The van der Waals surface area contributed by atoms with Gasteiger partial charge in [-0.1, -0.05) is 78.4 Å². The van der Waals surface area contributed by atoms with Gasteiger partial charge in [-0.25, -0.2) is 0 Å². The maximum atomic E-state index is 6.68. The van der Waals surface area contributed by atoms with Crippen LogP contribution in [0.4, 0.5) is 0 Å². The first-order valence-electron chi connectivity index (χ1n) is 10.9. The Morgan fingerprint density at radius 2 is 1.33 bits per heavy atom. The van der Waals surface area contributed by atoms with Crippen molar-refractivity contribution in [1.82, 2.24) is 0 Å². The second-order valence-corrected chi connectivity index (χ2v) is 8.69. The maximum Gasteiger partial charge on any atom is 0.223 e. The van der Waals surface area contributed by atoms with Crippen LogP contribution in [-0.4, -0.2) is 37.5 Å². The number of aryl methyl sites for hydroxylation is 1. The van der Waals surface area contributed by atoms with Gasteiger partial charge in [-0.2, -0.15) is 0 Å². The van der Waals surface area contributed by atoms with E-state index in [4.69, 9.17) is 9.47 Å². The SMILES string of the molecule is Cc1ccc(OC[N+]2(C)CCC(OC(c3ccccc3)c3ccccc3)CC2)cc1. The fourth-order valence-electron chi connectivity index (χ4n) is 4.10. The van der Waals surface area contributed by atoms with E-state index in [1.165, 1.54) is 16.7 Å². The zero-order valence-corrected chi connectivity index (χ0v) is 18.0. The van der Waals surface area contributed by atoms with Crippen LogP contribution in [-0.2, 0) is 4.74 Å². The average Bonchev–Trinajstić information content (AvgIpc) is 2.80. The van der Waals surface area contributed by atoms with Crippen LogP contribution in [0.2, 0.25) is 0 Å². The Morgan fingerprint density at radius 3 is 1.87 bits per heavy atom. The lowest BCUT2D eigenvalue weighted by Crippen LogP contribution is -2.53. The first kappa shape index (κ1) is 20.6. The molecule has 3 heteroatoms. The molecule has 0 N–H and O–H groups in total. The third kappa shape index (κ3) is 5.29. The summed E-state index contributed by atoms with van der Waals surface area (Å²) in [7, 11) is 2.29. The molecule has 0 atom stereocenters. The van der Waals surface area contributed by atoms with Crippen molar-refractivity contribution in [3.63, 3.8) is 0 Å². The molecule has 1 fully saturated rings. The molecule has 0 amide bonds. The van der Waals surface area contributed by atoms with Gasteiger partial charge in [0.2, 0.25) is 6.73 Å². The van der Waals surface area contributed by atoms with Gasteiger partial charge in [0.1, 0.15) is 11.9 Å². The predicted molar refractivity (Wildman–Crippen MR) is 121 cm³/mol. The molecule has 3 aromatic carbocycles. The molecule has 3 aromatic rings. The second-order valence-electron chi connectivity index (χ2n) is 8.69. The molecule has 30 heavy (non-hydrogen) atoms. The molecule has 0 bridgehead atoms. The molecule has 3 nitrogen and oxygen atoms in total. The maximum absolute atomic E-state index is 6.68. The minimum absolute atomic E-state index is 0.0157. The van der Waals surface area contributed by atoms with Gasteiger partial charge in [0, 0.05) is 12.8 Å². The second kappa shape index (κ2) is 9.46. The fourth-order valence-corrected chi connectivity index (χ4v) is 4.10. The molecular weight excluding hydrogens is 370 g/mol. The summed E-state index contributed by atoms with van der Waals surface area (Å²) < 4.78 is 13.7. The first-order chi connectivity index (χ1) is 14.6. The van der Waals surface area contributed by atoms with Crippen LogP contribution >= 0.6 is 0 Å². The van der Waals surface area contributed by atoms with E-state index in [0.29, 0.717) is 6.73 Å². The Morgan fingerprint density at radius 1 is 0.800 bits per heavy atom. The van der Waals surface area contributed by atoms with E-state index in [0.717, 1.165) is 36.2 Å². The lowest BCUT2D eigenvalue weighted by Gasteiger charge is -2.40. The fraction of sp³-hybridized carbons (Fsp3) is 0.333. The topological polar surface area (TPSA) is 18.5 Å². The third-order valence-electron chi connectivity index (χ3n) is 6.08.